The highest BCUT2D eigenvalue weighted by molar-refractivity contribution is 7.92. The number of halogens is 3. The van der Waals surface area contributed by atoms with E-state index in [-0.39, 0.29) is 18.8 Å². The van der Waals surface area contributed by atoms with Gasteiger partial charge in [0, 0.05) is 19.2 Å². The molecule has 1 aliphatic heterocycles. The first-order valence-electron chi connectivity index (χ1n) is 6.07. The summed E-state index contributed by atoms with van der Waals surface area (Å²) < 4.78 is 60.1. The first-order chi connectivity index (χ1) is 10.0. The standard InChI is InChI=1S/C11H11F3N2O5S/c12-11(13,14)22(20,21)8-1-2-9(10(5-8)16(18)19)15-4-3-7(17)6-15/h1-2,5,7,17H,3-4,6H2/t7-/m1/s1. The molecule has 11 heteroatoms. The number of aliphatic hydroxyl groups excluding tert-OH is 1. The fraction of sp³-hybridized carbons (Fsp3) is 0.455. The van der Waals surface area contributed by atoms with Crippen molar-refractivity contribution in [3.05, 3.63) is 28.3 Å². The number of hydrogen-bond donors (Lipinski definition) is 1. The zero-order valence-electron chi connectivity index (χ0n) is 10.9. The second-order valence-corrected chi connectivity index (χ2v) is 6.69. The summed E-state index contributed by atoms with van der Waals surface area (Å²) in [6.07, 6.45) is -0.335. The number of nitro groups is 1. The number of aliphatic hydroxyl groups is 1. The molecule has 1 atom stereocenters. The van der Waals surface area contributed by atoms with Gasteiger partial charge in [0.1, 0.15) is 5.69 Å². The first kappa shape index (κ1) is 16.5. The lowest BCUT2D eigenvalue weighted by Gasteiger charge is -2.18. The smallest absolute Gasteiger partial charge is 0.391 e. The Bertz CT molecular complexity index is 704. The van der Waals surface area contributed by atoms with Crippen molar-refractivity contribution in [1.82, 2.24) is 0 Å². The van der Waals surface area contributed by atoms with Gasteiger partial charge in [-0.25, -0.2) is 8.42 Å². The molecule has 122 valence electrons. The first-order valence-corrected chi connectivity index (χ1v) is 7.55. The van der Waals surface area contributed by atoms with Crippen LogP contribution in [0.4, 0.5) is 24.5 Å². The summed E-state index contributed by atoms with van der Waals surface area (Å²) in [6.45, 7) is 0.375. The molecule has 2 rings (SSSR count). The van der Waals surface area contributed by atoms with Gasteiger partial charge < -0.3 is 10.0 Å². The van der Waals surface area contributed by atoms with Gasteiger partial charge in [-0.2, -0.15) is 13.2 Å². The van der Waals surface area contributed by atoms with Crippen LogP contribution in [0, 0.1) is 10.1 Å². The third-order valence-corrected chi connectivity index (χ3v) is 4.75. The Morgan fingerprint density at radius 2 is 2.00 bits per heavy atom. The lowest BCUT2D eigenvalue weighted by molar-refractivity contribution is -0.384. The van der Waals surface area contributed by atoms with E-state index in [1.54, 1.807) is 0 Å². The molecule has 0 unspecified atom stereocenters. The van der Waals surface area contributed by atoms with Crippen molar-refractivity contribution >= 4 is 21.2 Å². The van der Waals surface area contributed by atoms with Crippen LogP contribution in [-0.2, 0) is 9.84 Å². The van der Waals surface area contributed by atoms with Crippen LogP contribution in [0.2, 0.25) is 0 Å². The van der Waals surface area contributed by atoms with E-state index in [2.05, 4.69) is 0 Å². The van der Waals surface area contributed by atoms with E-state index < -0.39 is 37.0 Å². The SMILES string of the molecule is O=[N+]([O-])c1cc(S(=O)(=O)C(F)(F)F)ccc1N1CC[C@@H](O)C1. The molecule has 1 heterocycles. The van der Waals surface area contributed by atoms with E-state index in [0.29, 0.717) is 18.6 Å². The topological polar surface area (TPSA) is 101 Å². The van der Waals surface area contributed by atoms with Crippen LogP contribution in [0.1, 0.15) is 6.42 Å². The minimum absolute atomic E-state index is 0.0253. The number of alkyl halides is 3. The van der Waals surface area contributed by atoms with Crippen LogP contribution in [0.15, 0.2) is 23.1 Å². The third-order valence-electron chi connectivity index (χ3n) is 3.26. The van der Waals surface area contributed by atoms with Crippen LogP contribution in [0.3, 0.4) is 0 Å². The Balaban J connectivity index is 2.51. The molecule has 0 amide bonds. The fourth-order valence-corrected chi connectivity index (χ4v) is 2.96. The van der Waals surface area contributed by atoms with Crippen molar-refractivity contribution < 1.29 is 31.6 Å². The van der Waals surface area contributed by atoms with Gasteiger partial charge in [-0.05, 0) is 18.6 Å². The van der Waals surface area contributed by atoms with Gasteiger partial charge >= 0.3 is 5.51 Å². The van der Waals surface area contributed by atoms with Crippen LogP contribution >= 0.6 is 0 Å². The predicted octanol–water partition coefficient (Wildman–Crippen LogP) is 1.46. The second kappa shape index (κ2) is 5.39. The molecule has 0 bridgehead atoms. The number of sulfone groups is 1. The molecule has 0 spiro atoms. The Kier molecular flexibility index (Phi) is 4.04. The molecule has 0 radical (unpaired) electrons. The number of β-amino-alcohol motifs (C(OH)–C–C–N with tert-alkyl or cyclic N) is 1. The number of benzene rings is 1. The fourth-order valence-electron chi connectivity index (χ4n) is 2.18. The zero-order chi connectivity index (χ0) is 16.7. The third kappa shape index (κ3) is 2.86. The maximum Gasteiger partial charge on any atom is 0.501 e. The van der Waals surface area contributed by atoms with E-state index >= 15 is 0 Å². The van der Waals surface area contributed by atoms with E-state index in [4.69, 9.17) is 0 Å². The molecule has 0 aromatic heterocycles. The summed E-state index contributed by atoms with van der Waals surface area (Å²) in [5.41, 5.74) is -6.31. The number of nitro benzene ring substituents is 1. The predicted molar refractivity (Wildman–Crippen MR) is 69.2 cm³/mol. The molecular formula is C11H11F3N2O5S. The van der Waals surface area contributed by atoms with Crippen molar-refractivity contribution in [2.45, 2.75) is 22.9 Å². The summed E-state index contributed by atoms with van der Waals surface area (Å²) in [5, 5.41) is 20.5. The second-order valence-electron chi connectivity index (χ2n) is 4.75. The van der Waals surface area contributed by atoms with Crippen molar-refractivity contribution in [2.24, 2.45) is 0 Å². The molecule has 1 aromatic rings. The Morgan fingerprint density at radius 1 is 1.36 bits per heavy atom. The van der Waals surface area contributed by atoms with Crippen molar-refractivity contribution in [3.8, 4) is 0 Å². The molecular weight excluding hydrogens is 329 g/mol. The average Bonchev–Trinajstić information content (AvgIpc) is 2.83. The molecule has 1 aliphatic rings. The van der Waals surface area contributed by atoms with Crippen molar-refractivity contribution in [3.63, 3.8) is 0 Å². The summed E-state index contributed by atoms with van der Waals surface area (Å²) in [6, 6.07) is 2.02. The van der Waals surface area contributed by atoms with Crippen LogP contribution in [0.5, 0.6) is 0 Å². The molecule has 0 saturated carbocycles. The average molecular weight is 340 g/mol. The number of nitrogens with zero attached hydrogens (tertiary/aromatic N) is 2. The van der Waals surface area contributed by atoms with Gasteiger partial charge in [-0.15, -0.1) is 0 Å². The molecule has 1 saturated heterocycles. The van der Waals surface area contributed by atoms with Gasteiger partial charge in [0.15, 0.2) is 0 Å². The lowest BCUT2D eigenvalue weighted by Crippen LogP contribution is -2.24. The maximum atomic E-state index is 12.5. The van der Waals surface area contributed by atoms with E-state index in [9.17, 15) is 36.8 Å². The van der Waals surface area contributed by atoms with Gasteiger partial charge in [0.2, 0.25) is 0 Å². The van der Waals surface area contributed by atoms with Gasteiger partial charge in [0.25, 0.3) is 15.5 Å². The highest BCUT2D eigenvalue weighted by Crippen LogP contribution is 2.37. The zero-order valence-corrected chi connectivity index (χ0v) is 11.8. The largest absolute Gasteiger partial charge is 0.501 e. The Hall–Kier alpha value is -1.88. The van der Waals surface area contributed by atoms with Crippen molar-refractivity contribution in [2.75, 3.05) is 18.0 Å². The summed E-state index contributed by atoms with van der Waals surface area (Å²) >= 11 is 0. The van der Waals surface area contributed by atoms with E-state index in [1.165, 1.54) is 4.90 Å². The van der Waals surface area contributed by atoms with Crippen LogP contribution < -0.4 is 4.90 Å². The van der Waals surface area contributed by atoms with Gasteiger partial charge in [0.05, 0.1) is 15.9 Å². The monoisotopic (exact) mass is 340 g/mol. The van der Waals surface area contributed by atoms with Gasteiger partial charge in [-0.1, -0.05) is 0 Å². The molecule has 1 N–H and O–H groups in total. The molecule has 1 aromatic carbocycles. The minimum Gasteiger partial charge on any atom is -0.391 e. The molecule has 1 fully saturated rings. The Labute approximate surface area is 123 Å². The highest BCUT2D eigenvalue weighted by atomic mass is 32.2. The molecule has 0 aliphatic carbocycles. The van der Waals surface area contributed by atoms with E-state index in [0.717, 1.165) is 6.07 Å². The van der Waals surface area contributed by atoms with Crippen LogP contribution in [0.25, 0.3) is 0 Å². The molecule has 7 nitrogen and oxygen atoms in total. The summed E-state index contributed by atoms with van der Waals surface area (Å²) in [4.78, 5) is 10.3. The summed E-state index contributed by atoms with van der Waals surface area (Å²) in [7, 11) is -5.66. The number of hydrogen-bond acceptors (Lipinski definition) is 6. The summed E-state index contributed by atoms with van der Waals surface area (Å²) in [5.74, 6) is 0. The van der Waals surface area contributed by atoms with Crippen molar-refractivity contribution in [1.29, 1.82) is 0 Å². The normalized spacial score (nSPS) is 19.5. The highest BCUT2D eigenvalue weighted by Gasteiger charge is 2.47. The minimum atomic E-state index is -5.66. The van der Waals surface area contributed by atoms with E-state index in [1.807, 2.05) is 0 Å². The van der Waals surface area contributed by atoms with Crippen LogP contribution in [-0.4, -0.2) is 43.1 Å². The number of anilines is 1. The number of rotatable bonds is 3. The quantitative estimate of drug-likeness (QED) is 0.660. The van der Waals surface area contributed by atoms with Gasteiger partial charge in [-0.3, -0.25) is 10.1 Å². The lowest BCUT2D eigenvalue weighted by atomic mass is 10.2. The Morgan fingerprint density at radius 3 is 2.45 bits per heavy atom. The molecule has 22 heavy (non-hydrogen) atoms. The maximum absolute atomic E-state index is 12.5.